The van der Waals surface area contributed by atoms with Gasteiger partial charge in [0.15, 0.2) is 0 Å². The van der Waals surface area contributed by atoms with E-state index in [0.717, 1.165) is 26.5 Å². The van der Waals surface area contributed by atoms with Gasteiger partial charge in [-0.05, 0) is 66.3 Å². The highest BCUT2D eigenvalue weighted by Gasteiger charge is 2.46. The average Bonchev–Trinajstić information content (AvgIpc) is 3.29. The summed E-state index contributed by atoms with van der Waals surface area (Å²) in [6.07, 6.45) is 1.28. The summed E-state index contributed by atoms with van der Waals surface area (Å²) in [6.45, 7) is 6.84. The fourth-order valence-corrected chi connectivity index (χ4v) is 5.87. The molecule has 1 saturated heterocycles. The second kappa shape index (κ2) is 11.4. The van der Waals surface area contributed by atoms with E-state index in [-0.39, 0.29) is 17.3 Å². The number of nitrogens with zero attached hydrogens (tertiary/aromatic N) is 3. The SMILES string of the molecule is CCOc1cc(F)ccc1C1=NC(c2ccc(Br)cc2)C(c2ccc(Br)cc2)N1C(=O)N1CCC(C)(C)CC1=N. The maximum atomic E-state index is 14.5. The number of carbonyl (C=O) groups is 1. The van der Waals surface area contributed by atoms with Crippen molar-refractivity contribution < 1.29 is 13.9 Å². The second-order valence-electron chi connectivity index (χ2n) is 10.9. The van der Waals surface area contributed by atoms with Gasteiger partial charge < -0.3 is 4.74 Å². The number of piperidine rings is 1. The molecule has 40 heavy (non-hydrogen) atoms. The number of hydrogen-bond donors (Lipinski definition) is 1. The average molecular weight is 670 g/mol. The van der Waals surface area contributed by atoms with Gasteiger partial charge in [0.25, 0.3) is 0 Å². The van der Waals surface area contributed by atoms with Gasteiger partial charge in [-0.2, -0.15) is 0 Å². The van der Waals surface area contributed by atoms with E-state index in [9.17, 15) is 9.18 Å². The van der Waals surface area contributed by atoms with Crippen molar-refractivity contribution in [1.82, 2.24) is 9.80 Å². The minimum Gasteiger partial charge on any atom is -0.493 e. The molecule has 5 rings (SSSR count). The van der Waals surface area contributed by atoms with Crippen LogP contribution < -0.4 is 4.74 Å². The third-order valence-electron chi connectivity index (χ3n) is 7.40. The molecule has 2 atom stereocenters. The zero-order chi connectivity index (χ0) is 28.6. The Hall–Kier alpha value is -3.04. The van der Waals surface area contributed by atoms with Crippen molar-refractivity contribution in [2.45, 2.75) is 45.7 Å². The molecule has 3 aromatic carbocycles. The Bertz CT molecular complexity index is 1460. The van der Waals surface area contributed by atoms with Crippen LogP contribution in [0.4, 0.5) is 9.18 Å². The number of rotatable bonds is 5. The highest BCUT2D eigenvalue weighted by Crippen LogP contribution is 2.46. The highest BCUT2D eigenvalue weighted by molar-refractivity contribution is 9.10. The smallest absolute Gasteiger partial charge is 0.331 e. The monoisotopic (exact) mass is 668 g/mol. The van der Waals surface area contributed by atoms with E-state index in [1.807, 2.05) is 55.5 Å². The molecule has 0 aromatic heterocycles. The topological polar surface area (TPSA) is 69.0 Å². The molecule has 1 fully saturated rings. The molecule has 2 heterocycles. The van der Waals surface area contributed by atoms with Crippen LogP contribution in [0.3, 0.4) is 0 Å². The van der Waals surface area contributed by atoms with E-state index in [1.165, 1.54) is 12.1 Å². The molecule has 1 N–H and O–H groups in total. The first-order valence-electron chi connectivity index (χ1n) is 13.3. The molecule has 0 saturated carbocycles. The number of amidine groups is 2. The third kappa shape index (κ3) is 5.72. The van der Waals surface area contributed by atoms with Crippen LogP contribution >= 0.6 is 31.9 Å². The molecule has 208 valence electrons. The lowest BCUT2D eigenvalue weighted by Gasteiger charge is -2.40. The quantitative estimate of drug-likeness (QED) is 0.296. The van der Waals surface area contributed by atoms with Crippen molar-refractivity contribution >= 4 is 49.6 Å². The van der Waals surface area contributed by atoms with Crippen molar-refractivity contribution in [3.63, 3.8) is 0 Å². The number of nitrogens with one attached hydrogen (secondary N) is 1. The lowest BCUT2D eigenvalue weighted by atomic mass is 9.82. The molecule has 0 spiro atoms. The van der Waals surface area contributed by atoms with Gasteiger partial charge in [-0.3, -0.25) is 20.2 Å². The van der Waals surface area contributed by atoms with E-state index < -0.39 is 17.9 Å². The van der Waals surface area contributed by atoms with Crippen LogP contribution in [0.1, 0.15) is 62.4 Å². The van der Waals surface area contributed by atoms with Gasteiger partial charge in [-0.1, -0.05) is 70.0 Å². The van der Waals surface area contributed by atoms with Crippen LogP contribution in [-0.4, -0.2) is 40.7 Å². The number of aliphatic imine (C=N–C) groups is 1. The Morgan fingerprint density at radius 2 is 1.68 bits per heavy atom. The lowest BCUT2D eigenvalue weighted by molar-refractivity contribution is 0.169. The molecule has 3 aromatic rings. The van der Waals surface area contributed by atoms with Crippen LogP contribution in [0.2, 0.25) is 0 Å². The standard InChI is InChI=1S/C31H31Br2FN4O2/c1-4-40-25-17-23(34)13-14-24(25)29-36-27(19-5-9-21(32)10-6-19)28(20-7-11-22(33)12-8-20)38(29)30(39)37-16-15-31(2,3)18-26(37)35/h5-14,17,27-28,35H,4,15-16,18H2,1-3H3. The molecule has 9 heteroatoms. The predicted octanol–water partition coefficient (Wildman–Crippen LogP) is 8.51. The van der Waals surface area contributed by atoms with E-state index in [2.05, 4.69) is 45.7 Å². The highest BCUT2D eigenvalue weighted by atomic mass is 79.9. The van der Waals surface area contributed by atoms with Crippen molar-refractivity contribution in [3.8, 4) is 5.75 Å². The molecule has 2 aliphatic heterocycles. The lowest BCUT2D eigenvalue weighted by Crippen LogP contribution is -2.52. The van der Waals surface area contributed by atoms with E-state index in [4.69, 9.17) is 15.1 Å². The van der Waals surface area contributed by atoms with E-state index in [0.29, 0.717) is 36.7 Å². The molecule has 0 aliphatic carbocycles. The van der Waals surface area contributed by atoms with Crippen LogP contribution in [0.25, 0.3) is 0 Å². The number of halogens is 3. The van der Waals surface area contributed by atoms with Crippen molar-refractivity contribution in [2.75, 3.05) is 13.2 Å². The normalized spacial score (nSPS) is 20.4. The first kappa shape index (κ1) is 28.5. The summed E-state index contributed by atoms with van der Waals surface area (Å²) in [4.78, 5) is 22.9. The van der Waals surface area contributed by atoms with Gasteiger partial charge >= 0.3 is 6.03 Å². The second-order valence-corrected chi connectivity index (χ2v) is 12.7. The Morgan fingerprint density at radius 3 is 2.27 bits per heavy atom. The van der Waals surface area contributed by atoms with Crippen molar-refractivity contribution in [3.05, 3.63) is 98.2 Å². The van der Waals surface area contributed by atoms with Crippen LogP contribution in [0, 0.1) is 16.6 Å². The number of hydrogen-bond acceptors (Lipinski definition) is 4. The first-order valence-corrected chi connectivity index (χ1v) is 14.9. The number of benzene rings is 3. The molecular weight excluding hydrogens is 639 g/mol. The van der Waals surface area contributed by atoms with E-state index in [1.54, 1.807) is 15.9 Å². The molecule has 2 amide bonds. The van der Waals surface area contributed by atoms with Gasteiger partial charge in [0.1, 0.15) is 29.3 Å². The molecule has 6 nitrogen and oxygen atoms in total. The summed E-state index contributed by atoms with van der Waals surface area (Å²) in [7, 11) is 0. The third-order valence-corrected chi connectivity index (χ3v) is 8.45. The van der Waals surface area contributed by atoms with Gasteiger partial charge in [-0.25, -0.2) is 9.18 Å². The summed E-state index contributed by atoms with van der Waals surface area (Å²) in [5.74, 6) is 0.566. The number of likely N-dealkylation sites (tertiary alicyclic amines) is 1. The van der Waals surface area contributed by atoms with E-state index >= 15 is 0 Å². The van der Waals surface area contributed by atoms with Crippen molar-refractivity contribution in [1.29, 1.82) is 5.41 Å². The maximum Gasteiger partial charge on any atom is 0.331 e. The summed E-state index contributed by atoms with van der Waals surface area (Å²) in [5, 5.41) is 8.79. The number of carbonyl (C=O) groups excluding carboxylic acids is 1. The predicted molar refractivity (Wildman–Crippen MR) is 163 cm³/mol. The summed E-state index contributed by atoms with van der Waals surface area (Å²) >= 11 is 7.05. The molecule has 2 aliphatic rings. The zero-order valence-corrected chi connectivity index (χ0v) is 25.8. The molecule has 2 unspecified atom stereocenters. The zero-order valence-electron chi connectivity index (χ0n) is 22.6. The Labute approximate surface area is 251 Å². The number of urea groups is 1. The Balaban J connectivity index is 1.70. The largest absolute Gasteiger partial charge is 0.493 e. The van der Waals surface area contributed by atoms with Crippen molar-refractivity contribution in [2.24, 2.45) is 10.4 Å². The Morgan fingerprint density at radius 1 is 1.05 bits per heavy atom. The minimum atomic E-state index is -0.501. The first-order chi connectivity index (χ1) is 19.1. The van der Waals surface area contributed by atoms with Crippen LogP contribution in [-0.2, 0) is 0 Å². The fourth-order valence-electron chi connectivity index (χ4n) is 5.34. The summed E-state index contributed by atoms with van der Waals surface area (Å²) < 4.78 is 22.0. The minimum absolute atomic E-state index is 0.0556. The number of amides is 2. The summed E-state index contributed by atoms with van der Waals surface area (Å²) in [5.41, 5.74) is 2.30. The molecule has 0 bridgehead atoms. The van der Waals surface area contributed by atoms with Gasteiger partial charge in [0, 0.05) is 28.0 Å². The fraction of sp³-hybridized carbons (Fsp3) is 0.323. The molecular formula is C31H31Br2FN4O2. The Kier molecular flexibility index (Phi) is 8.15. The van der Waals surface area contributed by atoms with Gasteiger partial charge in [0.2, 0.25) is 0 Å². The van der Waals surface area contributed by atoms with Crippen LogP contribution in [0.15, 0.2) is 80.7 Å². The number of ether oxygens (including phenoxy) is 1. The molecule has 0 radical (unpaired) electrons. The summed E-state index contributed by atoms with van der Waals surface area (Å²) in [6, 6.07) is 18.8. The van der Waals surface area contributed by atoms with Crippen LogP contribution in [0.5, 0.6) is 5.75 Å². The maximum absolute atomic E-state index is 14.5. The van der Waals surface area contributed by atoms with Gasteiger partial charge in [-0.15, -0.1) is 0 Å². The van der Waals surface area contributed by atoms with Gasteiger partial charge in [0.05, 0.1) is 18.2 Å².